The summed E-state index contributed by atoms with van der Waals surface area (Å²) in [5, 5.41) is 0. The lowest BCUT2D eigenvalue weighted by Crippen LogP contribution is -2.14. The fourth-order valence-corrected chi connectivity index (χ4v) is 8.72. The lowest BCUT2D eigenvalue weighted by molar-refractivity contribution is 0.0799. The number of unbranched alkanes of at least 4 members (excludes halogenated alkanes) is 3. The average molecular weight is 849 g/mol. The molecule has 6 rings (SSSR count). The SMILES string of the molecule is CCCCCC1CCC(c2cc(F)c(-c3ccc(OCC(F)F)cc3)c(F)c2)CC1.FCCCCC1CCC(c2ccc(-c3ccc(OCC(F)F)c(F)c3)c(F)c2)CC1. The largest absolute Gasteiger partial charge is 0.488 e. The van der Waals surface area contributed by atoms with Crippen molar-refractivity contribution in [2.45, 2.75) is 128 Å². The summed E-state index contributed by atoms with van der Waals surface area (Å²) < 4.78 is 129. The van der Waals surface area contributed by atoms with E-state index < -0.39 is 49.3 Å². The average Bonchev–Trinajstić information content (AvgIpc) is 3.23. The molecular weight excluding hydrogens is 792 g/mol. The molecule has 0 atom stereocenters. The molecule has 60 heavy (non-hydrogen) atoms. The van der Waals surface area contributed by atoms with Gasteiger partial charge in [-0.3, -0.25) is 4.39 Å². The number of benzene rings is 4. The Morgan fingerprint density at radius 2 is 1.07 bits per heavy atom. The van der Waals surface area contributed by atoms with Crippen LogP contribution in [0.4, 0.5) is 39.5 Å². The Hall–Kier alpha value is -4.15. The van der Waals surface area contributed by atoms with Gasteiger partial charge in [0.05, 0.1) is 12.2 Å². The van der Waals surface area contributed by atoms with E-state index in [-0.39, 0.29) is 35.2 Å². The van der Waals surface area contributed by atoms with Crippen LogP contribution in [-0.2, 0) is 0 Å². The minimum absolute atomic E-state index is 0.0904. The molecular formula is C49H57F9O2. The summed E-state index contributed by atoms with van der Waals surface area (Å²) >= 11 is 0. The fraction of sp³-hybridized carbons (Fsp3) is 0.510. The maximum absolute atomic E-state index is 14.8. The Morgan fingerprint density at radius 3 is 1.60 bits per heavy atom. The standard InChI is InChI=1S/C25H30F4O.C24H27F5O/c1-2-3-4-5-17-6-8-18(9-7-17)20-14-22(26)25(23(27)15-20)19-10-12-21(13-11-19)30-16-24(28)29;25-12-2-1-3-16-4-6-17(7-5-16)18-8-10-20(21(26)13-18)19-9-11-23(22(27)14-19)30-15-24(28)29/h10-15,17-18,24H,2-9,16H2,1H3;8-11,13-14,16-17,24H,1-7,12,15H2. The van der Waals surface area contributed by atoms with E-state index in [0.717, 1.165) is 87.3 Å². The van der Waals surface area contributed by atoms with Gasteiger partial charge in [0.25, 0.3) is 12.9 Å². The third-order valence-corrected chi connectivity index (χ3v) is 12.0. The Bertz CT molecular complexity index is 1860. The van der Waals surface area contributed by atoms with E-state index in [1.54, 1.807) is 6.07 Å². The summed E-state index contributed by atoms with van der Waals surface area (Å²) in [6.07, 6.45) is 10.7. The molecule has 328 valence electrons. The highest BCUT2D eigenvalue weighted by molar-refractivity contribution is 5.67. The summed E-state index contributed by atoms with van der Waals surface area (Å²) in [5.41, 5.74) is 2.54. The summed E-state index contributed by atoms with van der Waals surface area (Å²) in [5.74, 6) is -0.568. The molecule has 0 heterocycles. The summed E-state index contributed by atoms with van der Waals surface area (Å²) in [7, 11) is 0. The molecule has 2 nitrogen and oxygen atoms in total. The van der Waals surface area contributed by atoms with Crippen LogP contribution in [0.25, 0.3) is 22.3 Å². The second kappa shape index (κ2) is 23.7. The third-order valence-electron chi connectivity index (χ3n) is 12.0. The molecule has 2 saturated carbocycles. The monoisotopic (exact) mass is 848 g/mol. The van der Waals surface area contributed by atoms with Crippen molar-refractivity contribution in [2.75, 3.05) is 19.9 Å². The van der Waals surface area contributed by atoms with Crippen molar-refractivity contribution in [2.24, 2.45) is 11.8 Å². The van der Waals surface area contributed by atoms with Crippen LogP contribution in [0.2, 0.25) is 0 Å². The van der Waals surface area contributed by atoms with Crippen LogP contribution >= 0.6 is 0 Å². The number of ether oxygens (including phenoxy) is 2. The van der Waals surface area contributed by atoms with Gasteiger partial charge < -0.3 is 9.47 Å². The molecule has 2 aliphatic carbocycles. The van der Waals surface area contributed by atoms with E-state index in [9.17, 15) is 39.5 Å². The molecule has 2 aliphatic rings. The summed E-state index contributed by atoms with van der Waals surface area (Å²) in [6, 6.07) is 17.6. The maximum Gasteiger partial charge on any atom is 0.272 e. The van der Waals surface area contributed by atoms with Crippen LogP contribution < -0.4 is 9.47 Å². The Morgan fingerprint density at radius 1 is 0.533 bits per heavy atom. The lowest BCUT2D eigenvalue weighted by atomic mass is 9.77. The third kappa shape index (κ3) is 13.9. The Labute approximate surface area is 348 Å². The maximum atomic E-state index is 14.8. The molecule has 0 saturated heterocycles. The van der Waals surface area contributed by atoms with E-state index in [1.807, 2.05) is 6.07 Å². The first kappa shape index (κ1) is 46.9. The van der Waals surface area contributed by atoms with Gasteiger partial charge in [-0.1, -0.05) is 75.8 Å². The normalized spacial score (nSPS) is 19.3. The fourth-order valence-electron chi connectivity index (χ4n) is 8.72. The van der Waals surface area contributed by atoms with Gasteiger partial charge in [-0.15, -0.1) is 0 Å². The smallest absolute Gasteiger partial charge is 0.272 e. The number of alkyl halides is 5. The zero-order chi connectivity index (χ0) is 43.0. The van der Waals surface area contributed by atoms with Crippen molar-refractivity contribution >= 4 is 0 Å². The van der Waals surface area contributed by atoms with Crippen molar-refractivity contribution in [3.05, 3.63) is 107 Å². The minimum Gasteiger partial charge on any atom is -0.488 e. The van der Waals surface area contributed by atoms with E-state index in [2.05, 4.69) is 6.92 Å². The second-order valence-electron chi connectivity index (χ2n) is 16.3. The van der Waals surface area contributed by atoms with Crippen molar-refractivity contribution < 1.29 is 49.0 Å². The molecule has 0 aliphatic heterocycles. The Kier molecular flexibility index (Phi) is 18.6. The molecule has 2 fully saturated rings. The van der Waals surface area contributed by atoms with Gasteiger partial charge >= 0.3 is 0 Å². The van der Waals surface area contributed by atoms with Crippen LogP contribution in [0.15, 0.2) is 72.8 Å². The van der Waals surface area contributed by atoms with Crippen LogP contribution in [0, 0.1) is 35.1 Å². The van der Waals surface area contributed by atoms with Gasteiger partial charge in [-0.05, 0) is 146 Å². The number of halogens is 9. The molecule has 11 heteroatoms. The topological polar surface area (TPSA) is 18.5 Å². The van der Waals surface area contributed by atoms with Crippen molar-refractivity contribution in [1.29, 1.82) is 0 Å². The van der Waals surface area contributed by atoms with Crippen molar-refractivity contribution in [3.63, 3.8) is 0 Å². The van der Waals surface area contributed by atoms with E-state index in [1.165, 1.54) is 80.3 Å². The molecule has 4 aromatic carbocycles. The highest BCUT2D eigenvalue weighted by Gasteiger charge is 2.26. The zero-order valence-corrected chi connectivity index (χ0v) is 34.3. The first-order chi connectivity index (χ1) is 28.9. The highest BCUT2D eigenvalue weighted by atomic mass is 19.3. The summed E-state index contributed by atoms with van der Waals surface area (Å²) in [4.78, 5) is 0. The van der Waals surface area contributed by atoms with Gasteiger partial charge in [0.2, 0.25) is 0 Å². The van der Waals surface area contributed by atoms with Crippen LogP contribution in [0.3, 0.4) is 0 Å². The molecule has 0 bridgehead atoms. The van der Waals surface area contributed by atoms with Gasteiger partial charge in [0.15, 0.2) is 11.6 Å². The molecule has 0 spiro atoms. The number of hydrogen-bond donors (Lipinski definition) is 0. The zero-order valence-electron chi connectivity index (χ0n) is 34.3. The minimum atomic E-state index is -2.70. The molecule has 0 amide bonds. The van der Waals surface area contributed by atoms with Gasteiger partial charge in [0.1, 0.15) is 36.4 Å². The van der Waals surface area contributed by atoms with Crippen LogP contribution in [0.1, 0.15) is 126 Å². The molecule has 4 aromatic rings. The lowest BCUT2D eigenvalue weighted by Gasteiger charge is -2.29. The van der Waals surface area contributed by atoms with Crippen molar-refractivity contribution in [1.82, 2.24) is 0 Å². The predicted molar refractivity (Wildman–Crippen MR) is 220 cm³/mol. The first-order valence-corrected chi connectivity index (χ1v) is 21.5. The number of hydrogen-bond acceptors (Lipinski definition) is 2. The van der Waals surface area contributed by atoms with Gasteiger partial charge in [-0.2, -0.15) is 0 Å². The second-order valence-corrected chi connectivity index (χ2v) is 16.3. The molecule has 0 aromatic heterocycles. The van der Waals surface area contributed by atoms with Crippen molar-refractivity contribution in [3.8, 4) is 33.8 Å². The van der Waals surface area contributed by atoms with Gasteiger partial charge in [0, 0.05) is 5.56 Å². The van der Waals surface area contributed by atoms with E-state index in [0.29, 0.717) is 29.4 Å². The van der Waals surface area contributed by atoms with Crippen LogP contribution in [0.5, 0.6) is 11.5 Å². The molecule has 0 unspecified atom stereocenters. The van der Waals surface area contributed by atoms with E-state index >= 15 is 0 Å². The van der Waals surface area contributed by atoms with Crippen LogP contribution in [-0.4, -0.2) is 32.7 Å². The quantitative estimate of drug-likeness (QED) is 0.0734. The number of rotatable bonds is 18. The first-order valence-electron chi connectivity index (χ1n) is 21.5. The van der Waals surface area contributed by atoms with Gasteiger partial charge in [-0.25, -0.2) is 35.1 Å². The highest BCUT2D eigenvalue weighted by Crippen LogP contribution is 2.41. The molecule has 0 radical (unpaired) electrons. The predicted octanol–water partition coefficient (Wildman–Crippen LogP) is 15.8. The van der Waals surface area contributed by atoms with E-state index in [4.69, 9.17) is 9.47 Å². The Balaban J connectivity index is 0.000000228. The molecule has 0 N–H and O–H groups in total. The summed E-state index contributed by atoms with van der Waals surface area (Å²) in [6.45, 7) is 0.352.